The lowest BCUT2D eigenvalue weighted by Gasteiger charge is -2.07. The molecule has 1 aliphatic carbocycles. The molecule has 1 N–H and O–H groups in total. The molecular formula is C11H15NO. The number of aromatic nitrogens is 1. The molecule has 2 rings (SSSR count). The Morgan fingerprint density at radius 1 is 1.54 bits per heavy atom. The van der Waals surface area contributed by atoms with Gasteiger partial charge in [-0.3, -0.25) is 4.98 Å². The summed E-state index contributed by atoms with van der Waals surface area (Å²) < 4.78 is 0. The molecular weight excluding hydrogens is 162 g/mol. The Morgan fingerprint density at radius 2 is 2.31 bits per heavy atom. The van der Waals surface area contributed by atoms with Crippen LogP contribution in [0.2, 0.25) is 0 Å². The van der Waals surface area contributed by atoms with Crippen molar-refractivity contribution in [2.75, 3.05) is 0 Å². The van der Waals surface area contributed by atoms with Gasteiger partial charge < -0.3 is 5.11 Å². The van der Waals surface area contributed by atoms with E-state index in [4.69, 9.17) is 0 Å². The van der Waals surface area contributed by atoms with Gasteiger partial charge in [-0.1, -0.05) is 6.07 Å². The van der Waals surface area contributed by atoms with Crippen LogP contribution in [-0.2, 0) is 6.42 Å². The molecule has 0 amide bonds. The average Bonchev–Trinajstić information content (AvgIpc) is 2.83. The first kappa shape index (κ1) is 8.70. The fourth-order valence-corrected chi connectivity index (χ4v) is 1.53. The number of pyridine rings is 1. The van der Waals surface area contributed by atoms with Crippen molar-refractivity contribution in [2.24, 2.45) is 0 Å². The molecule has 0 bridgehead atoms. The zero-order valence-electron chi connectivity index (χ0n) is 7.95. The molecule has 2 heteroatoms. The van der Waals surface area contributed by atoms with E-state index in [1.165, 1.54) is 5.56 Å². The summed E-state index contributed by atoms with van der Waals surface area (Å²) in [6.45, 7) is 2.07. The van der Waals surface area contributed by atoms with Crippen molar-refractivity contribution < 1.29 is 5.11 Å². The van der Waals surface area contributed by atoms with Gasteiger partial charge in [-0.2, -0.15) is 0 Å². The Morgan fingerprint density at radius 3 is 2.92 bits per heavy atom. The van der Waals surface area contributed by atoms with E-state index in [-0.39, 0.29) is 5.60 Å². The van der Waals surface area contributed by atoms with Crippen molar-refractivity contribution in [3.8, 4) is 0 Å². The SMILES string of the molecule is Cc1cccnc1CCC1(O)CC1. The van der Waals surface area contributed by atoms with E-state index < -0.39 is 0 Å². The van der Waals surface area contributed by atoms with E-state index in [2.05, 4.69) is 18.0 Å². The molecule has 1 heterocycles. The molecule has 1 aromatic rings. The Kier molecular flexibility index (Phi) is 2.08. The molecule has 0 saturated heterocycles. The summed E-state index contributed by atoms with van der Waals surface area (Å²) in [6, 6.07) is 4.02. The van der Waals surface area contributed by atoms with Crippen LogP contribution >= 0.6 is 0 Å². The highest BCUT2D eigenvalue weighted by atomic mass is 16.3. The van der Waals surface area contributed by atoms with E-state index in [0.717, 1.165) is 31.4 Å². The van der Waals surface area contributed by atoms with Gasteiger partial charge in [-0.25, -0.2) is 0 Å². The number of nitrogens with zero attached hydrogens (tertiary/aromatic N) is 1. The second kappa shape index (κ2) is 3.11. The third-order valence-corrected chi connectivity index (χ3v) is 2.77. The first-order chi connectivity index (χ1) is 6.20. The monoisotopic (exact) mass is 177 g/mol. The molecule has 0 atom stereocenters. The first-order valence-corrected chi connectivity index (χ1v) is 4.82. The van der Waals surface area contributed by atoms with Gasteiger partial charge in [0.15, 0.2) is 0 Å². The predicted octanol–water partition coefficient (Wildman–Crippen LogP) is 1.85. The maximum Gasteiger partial charge on any atom is 0.0653 e. The maximum atomic E-state index is 9.65. The van der Waals surface area contributed by atoms with Gasteiger partial charge in [0.25, 0.3) is 0 Å². The van der Waals surface area contributed by atoms with Crippen molar-refractivity contribution in [1.82, 2.24) is 4.98 Å². The number of hydrogen-bond donors (Lipinski definition) is 1. The molecule has 1 aromatic heterocycles. The summed E-state index contributed by atoms with van der Waals surface area (Å²) in [7, 11) is 0. The molecule has 1 fully saturated rings. The molecule has 0 aliphatic heterocycles. The minimum atomic E-state index is -0.343. The number of aryl methyl sites for hydroxylation is 2. The van der Waals surface area contributed by atoms with Gasteiger partial charge in [0, 0.05) is 11.9 Å². The molecule has 0 spiro atoms. The zero-order chi connectivity index (χ0) is 9.31. The fraction of sp³-hybridized carbons (Fsp3) is 0.545. The largest absolute Gasteiger partial charge is 0.390 e. The lowest BCUT2D eigenvalue weighted by Crippen LogP contribution is -2.09. The predicted molar refractivity (Wildman–Crippen MR) is 51.5 cm³/mol. The summed E-state index contributed by atoms with van der Waals surface area (Å²) in [6.07, 6.45) is 5.53. The van der Waals surface area contributed by atoms with E-state index in [9.17, 15) is 5.11 Å². The summed E-state index contributed by atoms with van der Waals surface area (Å²) in [5.74, 6) is 0. The summed E-state index contributed by atoms with van der Waals surface area (Å²) in [4.78, 5) is 4.30. The van der Waals surface area contributed by atoms with Gasteiger partial charge >= 0.3 is 0 Å². The molecule has 0 radical (unpaired) electrons. The summed E-state index contributed by atoms with van der Waals surface area (Å²) in [5, 5.41) is 9.65. The molecule has 0 aromatic carbocycles. The Bertz CT molecular complexity index is 305. The van der Waals surface area contributed by atoms with E-state index >= 15 is 0 Å². The van der Waals surface area contributed by atoms with Crippen LogP contribution in [-0.4, -0.2) is 15.7 Å². The van der Waals surface area contributed by atoms with Crippen LogP contribution in [0.25, 0.3) is 0 Å². The normalized spacial score (nSPS) is 18.6. The molecule has 0 unspecified atom stereocenters. The second-order valence-corrected chi connectivity index (χ2v) is 3.99. The van der Waals surface area contributed by atoms with Crippen LogP contribution in [0.4, 0.5) is 0 Å². The zero-order valence-corrected chi connectivity index (χ0v) is 7.95. The number of hydrogen-bond acceptors (Lipinski definition) is 2. The summed E-state index contributed by atoms with van der Waals surface area (Å²) in [5.41, 5.74) is 2.01. The van der Waals surface area contributed by atoms with Gasteiger partial charge in [0.1, 0.15) is 0 Å². The fourth-order valence-electron chi connectivity index (χ4n) is 1.53. The van der Waals surface area contributed by atoms with Crippen LogP contribution < -0.4 is 0 Å². The average molecular weight is 177 g/mol. The lowest BCUT2D eigenvalue weighted by molar-refractivity contribution is 0.140. The van der Waals surface area contributed by atoms with Gasteiger partial charge in [-0.15, -0.1) is 0 Å². The van der Waals surface area contributed by atoms with E-state index in [1.807, 2.05) is 12.3 Å². The number of aliphatic hydroxyl groups is 1. The van der Waals surface area contributed by atoms with Crippen LogP contribution in [0.3, 0.4) is 0 Å². The van der Waals surface area contributed by atoms with Crippen LogP contribution in [0.15, 0.2) is 18.3 Å². The van der Waals surface area contributed by atoms with Crippen molar-refractivity contribution in [3.63, 3.8) is 0 Å². The highest BCUT2D eigenvalue weighted by molar-refractivity contribution is 5.18. The molecule has 13 heavy (non-hydrogen) atoms. The minimum Gasteiger partial charge on any atom is -0.390 e. The van der Waals surface area contributed by atoms with Crippen molar-refractivity contribution in [2.45, 2.75) is 38.2 Å². The maximum absolute atomic E-state index is 9.65. The minimum absolute atomic E-state index is 0.343. The molecule has 70 valence electrons. The lowest BCUT2D eigenvalue weighted by atomic mass is 10.1. The van der Waals surface area contributed by atoms with Gasteiger partial charge in [-0.05, 0) is 44.2 Å². The second-order valence-electron chi connectivity index (χ2n) is 3.99. The van der Waals surface area contributed by atoms with Gasteiger partial charge in [0.05, 0.1) is 5.60 Å². The Balaban J connectivity index is 1.97. The van der Waals surface area contributed by atoms with E-state index in [1.54, 1.807) is 0 Å². The molecule has 2 nitrogen and oxygen atoms in total. The quantitative estimate of drug-likeness (QED) is 0.764. The first-order valence-electron chi connectivity index (χ1n) is 4.82. The molecule has 1 saturated carbocycles. The topological polar surface area (TPSA) is 33.1 Å². The Labute approximate surface area is 78.6 Å². The third-order valence-electron chi connectivity index (χ3n) is 2.77. The van der Waals surface area contributed by atoms with Crippen molar-refractivity contribution in [1.29, 1.82) is 0 Å². The highest BCUT2D eigenvalue weighted by Crippen LogP contribution is 2.39. The standard InChI is InChI=1S/C11H15NO/c1-9-3-2-8-12-10(9)4-5-11(13)6-7-11/h2-3,8,13H,4-7H2,1H3. The highest BCUT2D eigenvalue weighted by Gasteiger charge is 2.39. The van der Waals surface area contributed by atoms with Crippen LogP contribution in [0, 0.1) is 6.92 Å². The third kappa shape index (κ3) is 2.07. The van der Waals surface area contributed by atoms with Crippen LogP contribution in [0.1, 0.15) is 30.5 Å². The Hall–Kier alpha value is -0.890. The summed E-state index contributed by atoms with van der Waals surface area (Å²) >= 11 is 0. The number of rotatable bonds is 3. The van der Waals surface area contributed by atoms with Gasteiger partial charge in [0.2, 0.25) is 0 Å². The van der Waals surface area contributed by atoms with Crippen LogP contribution in [0.5, 0.6) is 0 Å². The van der Waals surface area contributed by atoms with Crippen molar-refractivity contribution >= 4 is 0 Å². The molecule has 1 aliphatic rings. The van der Waals surface area contributed by atoms with Crippen molar-refractivity contribution in [3.05, 3.63) is 29.6 Å². The van der Waals surface area contributed by atoms with E-state index in [0.29, 0.717) is 0 Å². The smallest absolute Gasteiger partial charge is 0.0653 e.